The third kappa shape index (κ3) is 6.75. The molecule has 2 nitrogen and oxygen atoms in total. The van der Waals surface area contributed by atoms with Crippen molar-refractivity contribution in [3.8, 4) is 0 Å². The Morgan fingerprint density at radius 3 is 2.13 bits per heavy atom. The van der Waals surface area contributed by atoms with Crippen molar-refractivity contribution in [2.75, 3.05) is 0 Å². The van der Waals surface area contributed by atoms with E-state index in [9.17, 15) is 0 Å². The lowest BCUT2D eigenvalue weighted by molar-refractivity contribution is 0.576. The summed E-state index contributed by atoms with van der Waals surface area (Å²) >= 11 is 13.0. The van der Waals surface area contributed by atoms with Gasteiger partial charge in [-0.3, -0.25) is 0 Å². The van der Waals surface area contributed by atoms with Crippen LogP contribution < -0.4 is 0 Å². The Kier molecular flexibility index (Phi) is 9.55. The van der Waals surface area contributed by atoms with Crippen LogP contribution in [0.15, 0.2) is 36.4 Å². The molecule has 0 radical (unpaired) electrons. The van der Waals surface area contributed by atoms with Crippen LogP contribution in [-0.4, -0.2) is 9.97 Å². The van der Waals surface area contributed by atoms with Crippen LogP contribution in [-0.2, 0) is 19.3 Å². The molecule has 0 saturated heterocycles. The van der Waals surface area contributed by atoms with Crippen molar-refractivity contribution in [1.29, 1.82) is 0 Å². The summed E-state index contributed by atoms with van der Waals surface area (Å²) in [6.45, 7) is 2.19. The maximum atomic E-state index is 6.49. The standard InChI is InChI=1S/C26H34Cl2N2/c1-2-3-17-21-19-22-26(25(28)24(21)27)30-23(29-22)18-13-8-6-4-5-7-10-14-20-15-11-9-12-16-20/h9,11-12,15-16,19H,2-8,10,13-14,17-18H2,1H3,(H,29,30). The van der Waals surface area contributed by atoms with Crippen molar-refractivity contribution in [2.45, 2.75) is 84.0 Å². The number of aryl methyl sites for hydroxylation is 3. The Labute approximate surface area is 191 Å². The van der Waals surface area contributed by atoms with Crippen molar-refractivity contribution >= 4 is 34.2 Å². The van der Waals surface area contributed by atoms with E-state index in [-0.39, 0.29) is 0 Å². The van der Waals surface area contributed by atoms with E-state index in [1.54, 1.807) is 0 Å². The molecule has 1 aromatic heterocycles. The highest BCUT2D eigenvalue weighted by atomic mass is 35.5. The smallest absolute Gasteiger partial charge is 0.109 e. The number of aromatic amines is 1. The Hall–Kier alpha value is -1.51. The molecule has 30 heavy (non-hydrogen) atoms. The van der Waals surface area contributed by atoms with Gasteiger partial charge >= 0.3 is 0 Å². The topological polar surface area (TPSA) is 28.7 Å². The zero-order valence-electron chi connectivity index (χ0n) is 18.2. The molecule has 162 valence electrons. The van der Waals surface area contributed by atoms with Crippen LogP contribution in [0.1, 0.15) is 81.7 Å². The maximum absolute atomic E-state index is 6.49. The minimum absolute atomic E-state index is 0.596. The summed E-state index contributed by atoms with van der Waals surface area (Å²) in [6.07, 6.45) is 14.4. The summed E-state index contributed by atoms with van der Waals surface area (Å²) in [5.41, 5.74) is 4.42. The molecule has 0 spiro atoms. The number of H-pyrrole nitrogens is 1. The van der Waals surface area contributed by atoms with Gasteiger partial charge in [-0.25, -0.2) is 4.98 Å². The van der Waals surface area contributed by atoms with E-state index in [1.165, 1.54) is 50.5 Å². The van der Waals surface area contributed by atoms with Crippen LogP contribution in [0.5, 0.6) is 0 Å². The van der Waals surface area contributed by atoms with Gasteiger partial charge in [-0.2, -0.15) is 0 Å². The SMILES string of the molecule is CCCCc1cc2[nH]c(CCCCCCCCCc3ccccc3)nc2c(Cl)c1Cl. The fourth-order valence-electron chi connectivity index (χ4n) is 4.01. The number of nitrogens with zero attached hydrogens (tertiary/aromatic N) is 1. The molecule has 0 aliphatic carbocycles. The van der Waals surface area contributed by atoms with E-state index in [1.807, 2.05) is 0 Å². The number of benzene rings is 2. The predicted octanol–water partition coefficient (Wildman–Crippen LogP) is 8.73. The summed E-state index contributed by atoms with van der Waals surface area (Å²) in [7, 11) is 0. The number of nitrogens with one attached hydrogen (secondary N) is 1. The molecule has 0 fully saturated rings. The quantitative estimate of drug-likeness (QED) is 0.262. The summed E-state index contributed by atoms with van der Waals surface area (Å²) in [6, 6.07) is 12.9. The second-order valence-electron chi connectivity index (χ2n) is 8.31. The highest BCUT2D eigenvalue weighted by molar-refractivity contribution is 6.45. The van der Waals surface area contributed by atoms with Gasteiger partial charge in [0, 0.05) is 6.42 Å². The molecule has 0 aliphatic heterocycles. The molecule has 2 aromatic carbocycles. The van der Waals surface area contributed by atoms with Crippen molar-refractivity contribution in [2.24, 2.45) is 0 Å². The molecule has 0 unspecified atom stereocenters. The first kappa shape index (κ1) is 23.2. The zero-order valence-corrected chi connectivity index (χ0v) is 19.7. The Morgan fingerprint density at radius 2 is 1.43 bits per heavy atom. The van der Waals surface area contributed by atoms with Crippen molar-refractivity contribution in [3.63, 3.8) is 0 Å². The van der Waals surface area contributed by atoms with Crippen LogP contribution in [0.2, 0.25) is 10.0 Å². The van der Waals surface area contributed by atoms with E-state index < -0.39 is 0 Å². The minimum atomic E-state index is 0.596. The normalized spacial score (nSPS) is 11.4. The molecule has 0 amide bonds. The van der Waals surface area contributed by atoms with E-state index in [2.05, 4.69) is 48.3 Å². The number of halogens is 2. The highest BCUT2D eigenvalue weighted by Crippen LogP contribution is 2.34. The number of unbranched alkanes of at least 4 members (excludes halogenated alkanes) is 7. The van der Waals surface area contributed by atoms with Crippen molar-refractivity contribution in [3.05, 3.63) is 63.4 Å². The van der Waals surface area contributed by atoms with Gasteiger partial charge in [-0.05, 0) is 49.3 Å². The van der Waals surface area contributed by atoms with Gasteiger partial charge in [0.1, 0.15) is 11.3 Å². The first-order valence-corrected chi connectivity index (χ1v) is 12.3. The number of fused-ring (bicyclic) bond motifs is 1. The van der Waals surface area contributed by atoms with Gasteiger partial charge in [0.15, 0.2) is 0 Å². The average molecular weight is 445 g/mol. The van der Waals surface area contributed by atoms with Crippen LogP contribution in [0.25, 0.3) is 11.0 Å². The number of rotatable bonds is 13. The molecular weight excluding hydrogens is 411 g/mol. The summed E-state index contributed by atoms with van der Waals surface area (Å²) in [5.74, 6) is 1.03. The second kappa shape index (κ2) is 12.4. The third-order valence-electron chi connectivity index (χ3n) is 5.80. The Bertz CT molecular complexity index is 902. The summed E-state index contributed by atoms with van der Waals surface area (Å²) < 4.78 is 0. The van der Waals surface area contributed by atoms with Crippen LogP contribution >= 0.6 is 23.2 Å². The van der Waals surface area contributed by atoms with E-state index >= 15 is 0 Å². The summed E-state index contributed by atoms with van der Waals surface area (Å²) in [5, 5.41) is 1.27. The number of imidazole rings is 1. The molecule has 0 bridgehead atoms. The maximum Gasteiger partial charge on any atom is 0.109 e. The molecule has 1 N–H and O–H groups in total. The highest BCUT2D eigenvalue weighted by Gasteiger charge is 2.14. The average Bonchev–Trinajstić information content (AvgIpc) is 3.18. The minimum Gasteiger partial charge on any atom is -0.342 e. The van der Waals surface area contributed by atoms with Gasteiger partial charge in [0.05, 0.1) is 15.6 Å². The Morgan fingerprint density at radius 1 is 0.767 bits per heavy atom. The zero-order chi connectivity index (χ0) is 21.2. The van der Waals surface area contributed by atoms with Crippen LogP contribution in [0.4, 0.5) is 0 Å². The molecule has 0 atom stereocenters. The number of hydrogen-bond acceptors (Lipinski definition) is 1. The number of aromatic nitrogens is 2. The van der Waals surface area contributed by atoms with Crippen LogP contribution in [0.3, 0.4) is 0 Å². The van der Waals surface area contributed by atoms with E-state index in [0.717, 1.165) is 54.5 Å². The fourth-order valence-corrected chi connectivity index (χ4v) is 4.51. The lowest BCUT2D eigenvalue weighted by Crippen LogP contribution is -1.89. The summed E-state index contributed by atoms with van der Waals surface area (Å²) in [4.78, 5) is 8.17. The van der Waals surface area contributed by atoms with E-state index in [0.29, 0.717) is 10.0 Å². The van der Waals surface area contributed by atoms with Crippen molar-refractivity contribution in [1.82, 2.24) is 9.97 Å². The molecule has 3 rings (SSSR count). The lowest BCUT2D eigenvalue weighted by Gasteiger charge is -2.05. The molecule has 0 aliphatic rings. The van der Waals surface area contributed by atoms with E-state index in [4.69, 9.17) is 28.2 Å². The van der Waals surface area contributed by atoms with Gasteiger partial charge in [0.25, 0.3) is 0 Å². The molecule has 1 heterocycles. The lowest BCUT2D eigenvalue weighted by atomic mass is 10.0. The monoisotopic (exact) mass is 444 g/mol. The van der Waals surface area contributed by atoms with Gasteiger partial charge in [0.2, 0.25) is 0 Å². The molecule has 4 heteroatoms. The molecular formula is C26H34Cl2N2. The molecule has 0 saturated carbocycles. The first-order valence-electron chi connectivity index (χ1n) is 11.6. The van der Waals surface area contributed by atoms with Gasteiger partial charge in [-0.1, -0.05) is 99.0 Å². The second-order valence-corrected chi connectivity index (χ2v) is 9.06. The predicted molar refractivity (Wildman–Crippen MR) is 131 cm³/mol. The fraction of sp³-hybridized carbons (Fsp3) is 0.500. The van der Waals surface area contributed by atoms with Gasteiger partial charge in [-0.15, -0.1) is 0 Å². The first-order chi connectivity index (χ1) is 14.7. The van der Waals surface area contributed by atoms with Crippen molar-refractivity contribution < 1.29 is 0 Å². The molecule has 3 aromatic rings. The van der Waals surface area contributed by atoms with Gasteiger partial charge < -0.3 is 4.98 Å². The number of hydrogen-bond donors (Lipinski definition) is 1. The Balaban J connectivity index is 1.35. The van der Waals surface area contributed by atoms with Crippen LogP contribution in [0, 0.1) is 0 Å². The third-order valence-corrected chi connectivity index (χ3v) is 6.70. The largest absolute Gasteiger partial charge is 0.342 e.